The van der Waals surface area contributed by atoms with Crippen molar-refractivity contribution in [2.75, 3.05) is 0 Å². The number of fused-ring (bicyclic) bond motifs is 3. The molecule has 2 heterocycles. The van der Waals surface area contributed by atoms with E-state index >= 15 is 0 Å². The molecule has 0 saturated heterocycles. The van der Waals surface area contributed by atoms with E-state index in [1.807, 2.05) is 45.2 Å². The van der Waals surface area contributed by atoms with Gasteiger partial charge in [-0.25, -0.2) is 0 Å². The zero-order valence-corrected chi connectivity index (χ0v) is 33.8. The normalized spacial score (nSPS) is 12.2. The van der Waals surface area contributed by atoms with E-state index in [0.717, 1.165) is 43.4 Å². The molecule has 0 atom stereocenters. The van der Waals surface area contributed by atoms with Gasteiger partial charge in [-0.1, -0.05) is 109 Å². The fraction of sp³-hybridized carbons (Fsp3) is 0.442. The number of benzene rings is 3. The molecule has 5 heteroatoms. The Bertz CT molecular complexity index is 1870. The van der Waals surface area contributed by atoms with Crippen molar-refractivity contribution in [2.24, 2.45) is 17.8 Å². The molecule has 0 spiro atoms. The summed E-state index contributed by atoms with van der Waals surface area (Å²) in [5, 5.41) is 16.1. The van der Waals surface area contributed by atoms with Crippen molar-refractivity contribution in [3.63, 3.8) is 0 Å². The summed E-state index contributed by atoms with van der Waals surface area (Å²) in [4.78, 5) is 18.1. The number of aliphatic hydroxyl groups excluding tert-OH is 1. The predicted octanol–water partition coefficient (Wildman–Crippen LogP) is 12.7. The number of carbonyl (C=O) groups is 1. The van der Waals surface area contributed by atoms with E-state index < -0.39 is 0 Å². The second-order valence-electron chi connectivity index (χ2n) is 14.4. The van der Waals surface area contributed by atoms with Crippen LogP contribution in [0.25, 0.3) is 42.9 Å². The standard InChI is InChI=1S/C30H30NS.C13H24O2.Ir/c1-18(2)13-27-19(3)24-11-12-31-28(29(24)32-27)23-15-22-14-20-9-7-8-10-21(20)16-25(22)26(17-23)30(4,5)6;1-5-10(6-2)12(14)9-13(15)11(7-3)8-4;/h7-12,14,16-18H,13H2,1-6H3;9-11,14H,5-8H2,1-4H3;/q-1;;/b;12-9-;. The van der Waals surface area contributed by atoms with Crippen LogP contribution in [-0.2, 0) is 36.7 Å². The van der Waals surface area contributed by atoms with Gasteiger partial charge in [0.1, 0.15) is 0 Å². The number of pyridine rings is 1. The minimum absolute atomic E-state index is 0. The average molecular weight is 841 g/mol. The molecule has 0 saturated carbocycles. The van der Waals surface area contributed by atoms with Crippen LogP contribution in [0.3, 0.4) is 0 Å². The summed E-state index contributed by atoms with van der Waals surface area (Å²) >= 11 is 1.91. The minimum Gasteiger partial charge on any atom is -0.512 e. The Kier molecular flexibility index (Phi) is 14.2. The summed E-state index contributed by atoms with van der Waals surface area (Å²) in [6.45, 7) is 21.8. The molecule has 0 aliphatic carbocycles. The van der Waals surface area contributed by atoms with Crippen LogP contribution in [0.15, 0.2) is 66.6 Å². The molecule has 0 unspecified atom stereocenters. The monoisotopic (exact) mass is 841 g/mol. The van der Waals surface area contributed by atoms with Crippen LogP contribution in [0, 0.1) is 30.7 Å². The third kappa shape index (κ3) is 9.03. The van der Waals surface area contributed by atoms with Gasteiger partial charge in [0.2, 0.25) is 0 Å². The van der Waals surface area contributed by atoms with Crippen molar-refractivity contribution >= 4 is 48.8 Å². The number of thiophene rings is 1. The van der Waals surface area contributed by atoms with Crippen LogP contribution in [-0.4, -0.2) is 15.9 Å². The number of aliphatic hydroxyl groups is 1. The molecule has 3 nitrogen and oxygen atoms in total. The van der Waals surface area contributed by atoms with Gasteiger partial charge >= 0.3 is 0 Å². The first-order chi connectivity index (χ1) is 22.3. The fourth-order valence-corrected chi connectivity index (χ4v) is 7.97. The molecule has 5 aromatic rings. The Balaban J connectivity index is 0.000000334. The van der Waals surface area contributed by atoms with Gasteiger partial charge in [-0.15, -0.1) is 40.5 Å². The van der Waals surface area contributed by atoms with Crippen molar-refractivity contribution in [1.82, 2.24) is 4.98 Å². The van der Waals surface area contributed by atoms with Crippen LogP contribution >= 0.6 is 11.3 Å². The molecule has 0 bridgehead atoms. The Labute approximate surface area is 306 Å². The number of hydrogen-bond acceptors (Lipinski definition) is 4. The van der Waals surface area contributed by atoms with Crippen LogP contribution in [0.1, 0.15) is 104 Å². The first kappa shape index (κ1) is 39.6. The minimum atomic E-state index is 0. The zero-order chi connectivity index (χ0) is 34.5. The van der Waals surface area contributed by atoms with Crippen molar-refractivity contribution < 1.29 is 30.0 Å². The molecule has 0 fully saturated rings. The molecule has 48 heavy (non-hydrogen) atoms. The number of ketones is 1. The maximum atomic E-state index is 11.7. The number of aryl methyl sites for hydroxylation is 1. The number of allylic oxidation sites excluding steroid dienone is 2. The molecule has 2 aromatic heterocycles. The van der Waals surface area contributed by atoms with Gasteiger partial charge in [0.25, 0.3) is 0 Å². The zero-order valence-electron chi connectivity index (χ0n) is 30.6. The van der Waals surface area contributed by atoms with Crippen LogP contribution < -0.4 is 0 Å². The van der Waals surface area contributed by atoms with E-state index in [1.54, 1.807) is 0 Å². The van der Waals surface area contributed by atoms with Crippen LogP contribution in [0.4, 0.5) is 0 Å². The molecule has 3 aromatic carbocycles. The summed E-state index contributed by atoms with van der Waals surface area (Å²) in [6, 6.07) is 21.5. The third-order valence-corrected chi connectivity index (χ3v) is 10.8. The quantitative estimate of drug-likeness (QED) is 0.0660. The van der Waals surface area contributed by atoms with E-state index in [9.17, 15) is 9.90 Å². The maximum Gasteiger partial charge on any atom is 0.162 e. The largest absolute Gasteiger partial charge is 0.512 e. The van der Waals surface area contributed by atoms with Gasteiger partial charge in [0.15, 0.2) is 5.78 Å². The summed E-state index contributed by atoms with van der Waals surface area (Å²) < 4.78 is 1.29. The van der Waals surface area contributed by atoms with E-state index in [4.69, 9.17) is 4.98 Å². The Morgan fingerprint density at radius 2 is 1.52 bits per heavy atom. The van der Waals surface area contributed by atoms with Crippen LogP contribution in [0.2, 0.25) is 0 Å². The Hall–Kier alpha value is -2.85. The molecule has 0 aliphatic heterocycles. The topological polar surface area (TPSA) is 50.2 Å². The van der Waals surface area contributed by atoms with E-state index in [1.165, 1.54) is 53.7 Å². The van der Waals surface area contributed by atoms with Crippen molar-refractivity contribution in [2.45, 2.75) is 107 Å². The Morgan fingerprint density at radius 3 is 2.08 bits per heavy atom. The summed E-state index contributed by atoms with van der Waals surface area (Å²) in [5.41, 5.74) is 4.94. The summed E-state index contributed by atoms with van der Waals surface area (Å²) in [5.74, 6) is 1.19. The predicted molar refractivity (Wildman–Crippen MR) is 205 cm³/mol. The van der Waals surface area contributed by atoms with Crippen molar-refractivity contribution in [1.29, 1.82) is 0 Å². The van der Waals surface area contributed by atoms with E-state index in [-0.39, 0.29) is 48.9 Å². The number of rotatable bonds is 10. The number of hydrogen-bond donors (Lipinski definition) is 1. The van der Waals surface area contributed by atoms with Crippen molar-refractivity contribution in [3.05, 3.63) is 88.6 Å². The number of carbonyl (C=O) groups excluding carboxylic acids is 1. The van der Waals surface area contributed by atoms with E-state index in [0.29, 0.717) is 5.92 Å². The fourth-order valence-electron chi connectivity index (χ4n) is 6.45. The van der Waals surface area contributed by atoms with Gasteiger partial charge in [-0.3, -0.25) is 9.78 Å². The van der Waals surface area contributed by atoms with Gasteiger partial charge in [-0.05, 0) is 72.8 Å². The SMILES string of the molecule is CCC(CC)C(=O)/C=C(\O)C(CC)CC.Cc1c(CC(C)C)sc2c(-c3[c-]c4cc5ccccc5cc4c(C(C)(C)C)c3)nccc12.[Ir]. The van der Waals surface area contributed by atoms with E-state index in [2.05, 4.69) is 96.1 Å². The number of nitrogens with zero attached hydrogens (tertiary/aromatic N) is 1. The molecular weight excluding hydrogens is 787 g/mol. The first-order valence-corrected chi connectivity index (χ1v) is 18.3. The van der Waals surface area contributed by atoms with Gasteiger partial charge in [0.05, 0.1) is 5.76 Å². The average Bonchev–Trinajstić information content (AvgIpc) is 3.34. The van der Waals surface area contributed by atoms with Gasteiger partial charge in [0, 0.05) is 59.5 Å². The van der Waals surface area contributed by atoms with Gasteiger partial charge < -0.3 is 5.11 Å². The maximum absolute atomic E-state index is 11.7. The molecule has 0 amide bonds. The second kappa shape index (κ2) is 17.2. The molecule has 0 aliphatic rings. The molecule has 1 N–H and O–H groups in total. The van der Waals surface area contributed by atoms with Crippen LogP contribution in [0.5, 0.6) is 0 Å². The van der Waals surface area contributed by atoms with Gasteiger partial charge in [-0.2, -0.15) is 0 Å². The second-order valence-corrected chi connectivity index (χ2v) is 15.5. The molecule has 5 rings (SSSR count). The Morgan fingerprint density at radius 1 is 0.917 bits per heavy atom. The smallest absolute Gasteiger partial charge is 0.162 e. The summed E-state index contributed by atoms with van der Waals surface area (Å²) in [6.07, 6.45) is 7.99. The first-order valence-electron chi connectivity index (χ1n) is 17.5. The molecule has 259 valence electrons. The number of aromatic nitrogens is 1. The third-order valence-electron chi connectivity index (χ3n) is 9.42. The van der Waals surface area contributed by atoms with Crippen molar-refractivity contribution in [3.8, 4) is 11.3 Å². The summed E-state index contributed by atoms with van der Waals surface area (Å²) in [7, 11) is 0. The molecular formula is C43H54IrNO2S-. The molecule has 1 radical (unpaired) electrons.